The van der Waals surface area contributed by atoms with Gasteiger partial charge in [0.25, 0.3) is 0 Å². The van der Waals surface area contributed by atoms with Crippen LogP contribution >= 0.6 is 0 Å². The molecule has 1 heterocycles. The third-order valence-corrected chi connectivity index (χ3v) is 2.97. The largest absolute Gasteiger partial charge is 0.467 e. The van der Waals surface area contributed by atoms with Gasteiger partial charge in [-0.15, -0.1) is 0 Å². The van der Waals surface area contributed by atoms with Crippen molar-refractivity contribution in [3.63, 3.8) is 0 Å². The van der Waals surface area contributed by atoms with E-state index in [-0.39, 0.29) is 18.4 Å². The molecular formula is C17H18N2O3. The molecule has 0 bridgehead atoms. The van der Waals surface area contributed by atoms with Crippen molar-refractivity contribution in [2.45, 2.75) is 13.5 Å². The molecule has 2 rings (SSSR count). The average Bonchev–Trinajstić information content (AvgIpc) is 3.04. The second-order valence-corrected chi connectivity index (χ2v) is 4.82. The molecule has 0 aliphatic carbocycles. The number of carbonyl (C=O) groups excluding carboxylic acids is 2. The first-order valence-electron chi connectivity index (χ1n) is 6.95. The molecule has 0 aliphatic heterocycles. The summed E-state index contributed by atoms with van der Waals surface area (Å²) >= 11 is 0. The topological polar surface area (TPSA) is 71.3 Å². The van der Waals surface area contributed by atoms with Crippen molar-refractivity contribution < 1.29 is 14.0 Å². The minimum Gasteiger partial charge on any atom is -0.467 e. The first-order valence-corrected chi connectivity index (χ1v) is 6.95. The van der Waals surface area contributed by atoms with Gasteiger partial charge in [0.2, 0.25) is 11.8 Å². The Hall–Kier alpha value is -2.82. The molecule has 0 saturated carbocycles. The molecule has 0 atom stereocenters. The number of benzene rings is 1. The standard InChI is InChI=1S/C17H18N2O3/c1-13-4-6-14(7-5-13)8-9-16(20)19-12-17(21)18-11-15-3-2-10-22-15/h2-10H,11-12H2,1H3,(H,18,21)(H,19,20)/b9-8+. The number of amides is 2. The van der Waals surface area contributed by atoms with E-state index in [0.717, 1.165) is 11.1 Å². The monoisotopic (exact) mass is 298 g/mol. The summed E-state index contributed by atoms with van der Waals surface area (Å²) in [5, 5.41) is 5.17. The predicted octanol–water partition coefficient (Wildman–Crippen LogP) is 2.03. The highest BCUT2D eigenvalue weighted by molar-refractivity contribution is 5.94. The number of nitrogens with one attached hydrogen (secondary N) is 2. The molecule has 22 heavy (non-hydrogen) atoms. The molecule has 114 valence electrons. The summed E-state index contributed by atoms with van der Waals surface area (Å²) in [4.78, 5) is 23.2. The van der Waals surface area contributed by atoms with Crippen LogP contribution in [0.1, 0.15) is 16.9 Å². The van der Waals surface area contributed by atoms with Crippen molar-refractivity contribution >= 4 is 17.9 Å². The maximum atomic E-state index is 11.6. The van der Waals surface area contributed by atoms with E-state index in [1.54, 1.807) is 24.5 Å². The van der Waals surface area contributed by atoms with Crippen LogP contribution in [0.5, 0.6) is 0 Å². The van der Waals surface area contributed by atoms with Gasteiger partial charge >= 0.3 is 0 Å². The van der Waals surface area contributed by atoms with Gasteiger partial charge in [0.1, 0.15) is 5.76 Å². The van der Waals surface area contributed by atoms with Crippen LogP contribution in [0, 0.1) is 6.92 Å². The van der Waals surface area contributed by atoms with E-state index >= 15 is 0 Å². The number of furan rings is 1. The number of rotatable bonds is 6. The van der Waals surface area contributed by atoms with Gasteiger partial charge in [-0.3, -0.25) is 9.59 Å². The van der Waals surface area contributed by atoms with E-state index in [4.69, 9.17) is 4.42 Å². The number of hydrogen-bond donors (Lipinski definition) is 2. The highest BCUT2D eigenvalue weighted by atomic mass is 16.3. The Kier molecular flexibility index (Phi) is 5.54. The molecule has 2 aromatic rings. The summed E-state index contributed by atoms with van der Waals surface area (Å²) in [6.07, 6.45) is 4.65. The summed E-state index contributed by atoms with van der Waals surface area (Å²) in [6, 6.07) is 11.3. The Morgan fingerprint density at radius 3 is 2.59 bits per heavy atom. The van der Waals surface area contributed by atoms with Gasteiger partial charge in [-0.2, -0.15) is 0 Å². The lowest BCUT2D eigenvalue weighted by Gasteiger charge is -2.03. The zero-order valence-electron chi connectivity index (χ0n) is 12.3. The zero-order chi connectivity index (χ0) is 15.8. The van der Waals surface area contributed by atoms with Crippen LogP contribution in [-0.2, 0) is 16.1 Å². The Bertz CT molecular complexity index is 643. The van der Waals surface area contributed by atoms with Crippen molar-refractivity contribution in [3.8, 4) is 0 Å². The van der Waals surface area contributed by atoms with Gasteiger partial charge in [0.05, 0.1) is 19.4 Å². The molecule has 0 radical (unpaired) electrons. The van der Waals surface area contributed by atoms with Crippen LogP contribution in [0.2, 0.25) is 0 Å². The first-order chi connectivity index (χ1) is 10.6. The fourth-order valence-electron chi connectivity index (χ4n) is 1.74. The number of carbonyl (C=O) groups is 2. The van der Waals surface area contributed by atoms with Gasteiger partial charge in [0.15, 0.2) is 0 Å². The highest BCUT2D eigenvalue weighted by Crippen LogP contribution is 2.04. The summed E-state index contributed by atoms with van der Waals surface area (Å²) in [5.74, 6) is 0.0844. The van der Waals surface area contributed by atoms with E-state index < -0.39 is 0 Å². The lowest BCUT2D eigenvalue weighted by Crippen LogP contribution is -2.35. The van der Waals surface area contributed by atoms with E-state index in [9.17, 15) is 9.59 Å². The Labute approximate surface area is 129 Å². The van der Waals surface area contributed by atoms with Crippen molar-refractivity contribution in [2.24, 2.45) is 0 Å². The number of aryl methyl sites for hydroxylation is 1. The molecule has 0 aliphatic rings. The third kappa shape index (κ3) is 5.28. The molecule has 5 heteroatoms. The lowest BCUT2D eigenvalue weighted by molar-refractivity contribution is -0.124. The molecule has 0 unspecified atom stereocenters. The van der Waals surface area contributed by atoms with E-state index in [2.05, 4.69) is 10.6 Å². The minimum atomic E-state index is -0.311. The summed E-state index contributed by atoms with van der Waals surface area (Å²) in [6.45, 7) is 2.24. The molecule has 1 aromatic carbocycles. The quantitative estimate of drug-likeness (QED) is 0.802. The van der Waals surface area contributed by atoms with Crippen LogP contribution in [0.3, 0.4) is 0 Å². The minimum absolute atomic E-state index is 0.0716. The molecule has 2 N–H and O–H groups in total. The SMILES string of the molecule is Cc1ccc(/C=C/C(=O)NCC(=O)NCc2ccco2)cc1. The molecule has 1 aromatic heterocycles. The smallest absolute Gasteiger partial charge is 0.244 e. The summed E-state index contributed by atoms with van der Waals surface area (Å²) in [7, 11) is 0. The predicted molar refractivity (Wildman–Crippen MR) is 83.8 cm³/mol. The second-order valence-electron chi connectivity index (χ2n) is 4.82. The molecule has 0 saturated heterocycles. The van der Waals surface area contributed by atoms with Gasteiger partial charge in [-0.1, -0.05) is 29.8 Å². The molecule has 0 spiro atoms. The zero-order valence-corrected chi connectivity index (χ0v) is 12.3. The first kappa shape index (κ1) is 15.6. The van der Waals surface area contributed by atoms with E-state index in [0.29, 0.717) is 12.3 Å². The van der Waals surface area contributed by atoms with Gasteiger partial charge in [-0.05, 0) is 30.7 Å². The summed E-state index contributed by atoms with van der Waals surface area (Å²) in [5.41, 5.74) is 2.10. The molecule has 0 fully saturated rings. The maximum absolute atomic E-state index is 11.6. The number of hydrogen-bond acceptors (Lipinski definition) is 3. The normalized spacial score (nSPS) is 10.6. The van der Waals surface area contributed by atoms with Crippen LogP contribution in [0.15, 0.2) is 53.2 Å². The fraction of sp³-hybridized carbons (Fsp3) is 0.176. The second kappa shape index (κ2) is 7.83. The van der Waals surface area contributed by atoms with Gasteiger partial charge in [-0.25, -0.2) is 0 Å². The molecule has 5 nitrogen and oxygen atoms in total. The van der Waals surface area contributed by atoms with Crippen LogP contribution in [0.25, 0.3) is 6.08 Å². The Morgan fingerprint density at radius 2 is 1.91 bits per heavy atom. The fourth-order valence-corrected chi connectivity index (χ4v) is 1.74. The highest BCUT2D eigenvalue weighted by Gasteiger charge is 2.04. The van der Waals surface area contributed by atoms with Crippen molar-refractivity contribution in [2.75, 3.05) is 6.54 Å². The van der Waals surface area contributed by atoms with E-state index in [1.807, 2.05) is 31.2 Å². The van der Waals surface area contributed by atoms with Crippen LogP contribution in [0.4, 0.5) is 0 Å². The van der Waals surface area contributed by atoms with Crippen LogP contribution < -0.4 is 10.6 Å². The van der Waals surface area contributed by atoms with Crippen molar-refractivity contribution in [1.29, 1.82) is 0 Å². The molecule has 2 amide bonds. The summed E-state index contributed by atoms with van der Waals surface area (Å²) < 4.78 is 5.09. The Balaban J connectivity index is 1.70. The van der Waals surface area contributed by atoms with Crippen molar-refractivity contribution in [3.05, 3.63) is 65.6 Å². The maximum Gasteiger partial charge on any atom is 0.244 e. The van der Waals surface area contributed by atoms with Gasteiger partial charge in [0, 0.05) is 6.08 Å². The van der Waals surface area contributed by atoms with E-state index in [1.165, 1.54) is 6.08 Å². The van der Waals surface area contributed by atoms with Gasteiger partial charge < -0.3 is 15.1 Å². The average molecular weight is 298 g/mol. The molecular weight excluding hydrogens is 280 g/mol. The Morgan fingerprint density at radius 1 is 1.14 bits per heavy atom. The van der Waals surface area contributed by atoms with Crippen molar-refractivity contribution in [1.82, 2.24) is 10.6 Å². The lowest BCUT2D eigenvalue weighted by atomic mass is 10.1. The van der Waals surface area contributed by atoms with Crippen LogP contribution in [-0.4, -0.2) is 18.4 Å². The third-order valence-electron chi connectivity index (χ3n) is 2.97.